The molecule has 2 rings (SSSR count). The molecule has 1 amide bonds. The highest BCUT2D eigenvalue weighted by molar-refractivity contribution is 5.83. The number of aryl methyl sites for hydroxylation is 1. The van der Waals surface area contributed by atoms with E-state index in [0.29, 0.717) is 13.1 Å². The molecule has 24 heavy (non-hydrogen) atoms. The molecule has 1 heterocycles. The average Bonchev–Trinajstić information content (AvgIpc) is 2.55. The molecule has 0 aliphatic heterocycles. The van der Waals surface area contributed by atoms with Crippen molar-refractivity contribution in [2.75, 3.05) is 32.5 Å². The van der Waals surface area contributed by atoms with Gasteiger partial charge in [-0.25, -0.2) is 4.39 Å². The summed E-state index contributed by atoms with van der Waals surface area (Å²) in [5.74, 6) is -0.423. The Hall–Kier alpha value is -2.47. The molecule has 0 radical (unpaired) electrons. The number of anilines is 1. The third-order valence-corrected chi connectivity index (χ3v) is 3.71. The van der Waals surface area contributed by atoms with Gasteiger partial charge in [0, 0.05) is 31.2 Å². The van der Waals surface area contributed by atoms with E-state index < -0.39 is 6.04 Å². The van der Waals surface area contributed by atoms with Crippen LogP contribution in [0, 0.1) is 12.7 Å². The van der Waals surface area contributed by atoms with Crippen LogP contribution < -0.4 is 10.6 Å². The maximum absolute atomic E-state index is 13.1. The maximum atomic E-state index is 13.1. The Bertz CT molecular complexity index is 673. The summed E-state index contributed by atoms with van der Waals surface area (Å²) in [6.45, 7) is 3.08. The van der Waals surface area contributed by atoms with Crippen molar-refractivity contribution >= 4 is 11.6 Å². The third-order valence-electron chi connectivity index (χ3n) is 3.71. The van der Waals surface area contributed by atoms with Crippen LogP contribution in [0.4, 0.5) is 10.1 Å². The zero-order valence-corrected chi connectivity index (χ0v) is 14.2. The fourth-order valence-electron chi connectivity index (χ4n) is 2.48. The van der Waals surface area contributed by atoms with Gasteiger partial charge in [-0.1, -0.05) is 12.1 Å². The van der Waals surface area contributed by atoms with E-state index in [1.165, 1.54) is 12.1 Å². The maximum Gasteiger partial charge on any atom is 0.242 e. The van der Waals surface area contributed by atoms with Crippen molar-refractivity contribution in [1.29, 1.82) is 0 Å². The number of rotatable bonds is 7. The Labute approximate surface area is 141 Å². The number of carbonyl (C=O) groups excluding carboxylic acids is 1. The Morgan fingerprint density at radius 1 is 1.21 bits per heavy atom. The topological polar surface area (TPSA) is 57.3 Å². The van der Waals surface area contributed by atoms with Gasteiger partial charge in [-0.2, -0.15) is 0 Å². The fraction of sp³-hybridized carbons (Fsp3) is 0.333. The molecule has 0 spiro atoms. The van der Waals surface area contributed by atoms with Gasteiger partial charge in [-0.3, -0.25) is 14.7 Å². The Morgan fingerprint density at radius 3 is 2.54 bits per heavy atom. The summed E-state index contributed by atoms with van der Waals surface area (Å²) in [7, 11) is 3.65. The van der Waals surface area contributed by atoms with Crippen molar-refractivity contribution in [3.05, 3.63) is 59.7 Å². The van der Waals surface area contributed by atoms with Gasteiger partial charge in [-0.05, 0) is 50.3 Å². The molecule has 128 valence electrons. The van der Waals surface area contributed by atoms with Crippen LogP contribution in [-0.2, 0) is 4.79 Å². The van der Waals surface area contributed by atoms with E-state index in [1.807, 2.05) is 32.0 Å². The molecule has 0 aliphatic rings. The zero-order valence-electron chi connectivity index (χ0n) is 14.2. The van der Waals surface area contributed by atoms with E-state index in [4.69, 9.17) is 0 Å². The number of nitrogens with zero attached hydrogens (tertiary/aromatic N) is 2. The van der Waals surface area contributed by atoms with E-state index in [2.05, 4.69) is 15.6 Å². The number of hydrogen-bond acceptors (Lipinski definition) is 4. The fourth-order valence-corrected chi connectivity index (χ4v) is 2.48. The molecular formula is C18H23FN4O. The van der Waals surface area contributed by atoms with Crippen LogP contribution in [0.5, 0.6) is 0 Å². The molecule has 0 fully saturated rings. The lowest BCUT2D eigenvalue weighted by molar-refractivity contribution is -0.125. The molecule has 0 unspecified atom stereocenters. The minimum atomic E-state index is -0.451. The highest BCUT2D eigenvalue weighted by atomic mass is 19.1. The smallest absolute Gasteiger partial charge is 0.242 e. The van der Waals surface area contributed by atoms with E-state index in [-0.39, 0.29) is 11.7 Å². The minimum Gasteiger partial charge on any atom is -0.383 e. The molecule has 0 bridgehead atoms. The van der Waals surface area contributed by atoms with Crippen molar-refractivity contribution in [2.24, 2.45) is 0 Å². The average molecular weight is 330 g/mol. The van der Waals surface area contributed by atoms with Crippen LogP contribution in [0.1, 0.15) is 17.2 Å². The van der Waals surface area contributed by atoms with Crippen LogP contribution in [0.15, 0.2) is 42.7 Å². The number of carbonyl (C=O) groups is 1. The molecule has 1 atom stereocenters. The molecule has 1 aromatic heterocycles. The number of nitrogens with one attached hydrogen (secondary N) is 2. The van der Waals surface area contributed by atoms with Gasteiger partial charge in [0.2, 0.25) is 5.91 Å². The first-order valence-electron chi connectivity index (χ1n) is 7.83. The number of benzene rings is 1. The van der Waals surface area contributed by atoms with Gasteiger partial charge in [0.15, 0.2) is 0 Å². The van der Waals surface area contributed by atoms with Crippen LogP contribution in [-0.4, -0.2) is 43.0 Å². The minimum absolute atomic E-state index is 0.111. The summed E-state index contributed by atoms with van der Waals surface area (Å²) in [5, 5.41) is 6.18. The lowest BCUT2D eigenvalue weighted by Crippen LogP contribution is -2.39. The van der Waals surface area contributed by atoms with Gasteiger partial charge < -0.3 is 10.6 Å². The Kier molecular flexibility index (Phi) is 6.26. The summed E-state index contributed by atoms with van der Waals surface area (Å²) in [6, 6.07) is 7.46. The predicted octanol–water partition coefficient (Wildman–Crippen LogP) is 2.36. The van der Waals surface area contributed by atoms with Crippen molar-refractivity contribution in [1.82, 2.24) is 15.2 Å². The lowest BCUT2D eigenvalue weighted by atomic mass is 10.1. The number of halogens is 1. The third kappa shape index (κ3) is 4.76. The number of aromatic nitrogens is 1. The predicted molar refractivity (Wildman–Crippen MR) is 93.3 cm³/mol. The Balaban J connectivity index is 1.89. The number of pyridine rings is 1. The van der Waals surface area contributed by atoms with E-state index in [1.54, 1.807) is 24.5 Å². The van der Waals surface area contributed by atoms with Crippen LogP contribution in [0.25, 0.3) is 0 Å². The molecule has 0 saturated carbocycles. The second-order valence-corrected chi connectivity index (χ2v) is 5.83. The van der Waals surface area contributed by atoms with E-state index >= 15 is 0 Å². The molecule has 0 saturated heterocycles. The first-order chi connectivity index (χ1) is 11.5. The van der Waals surface area contributed by atoms with Gasteiger partial charge in [0.1, 0.15) is 11.9 Å². The molecule has 0 aliphatic carbocycles. The van der Waals surface area contributed by atoms with E-state index in [9.17, 15) is 9.18 Å². The SMILES string of the molecule is Cc1cnccc1NCCNC(=O)[C@H](c1ccc(F)cc1)N(C)C. The van der Waals surface area contributed by atoms with Gasteiger partial charge in [0.25, 0.3) is 0 Å². The summed E-state index contributed by atoms with van der Waals surface area (Å²) >= 11 is 0. The summed E-state index contributed by atoms with van der Waals surface area (Å²) in [4.78, 5) is 18.3. The molecule has 2 N–H and O–H groups in total. The Morgan fingerprint density at radius 2 is 1.92 bits per heavy atom. The summed E-state index contributed by atoms with van der Waals surface area (Å²) in [6.07, 6.45) is 3.52. The number of hydrogen-bond donors (Lipinski definition) is 2. The highest BCUT2D eigenvalue weighted by Crippen LogP contribution is 2.18. The standard InChI is InChI=1S/C18H23FN4O/c1-13-12-20-9-8-16(13)21-10-11-22-18(24)17(23(2)3)14-4-6-15(19)7-5-14/h4-9,12,17H,10-11H2,1-3H3,(H,20,21)(H,22,24)/t17-/m0/s1. The van der Waals surface area contributed by atoms with Crippen molar-refractivity contribution in [3.63, 3.8) is 0 Å². The lowest BCUT2D eigenvalue weighted by Gasteiger charge is -2.24. The molecule has 6 heteroatoms. The molecule has 5 nitrogen and oxygen atoms in total. The van der Waals surface area contributed by atoms with Gasteiger partial charge in [0.05, 0.1) is 0 Å². The van der Waals surface area contributed by atoms with Gasteiger partial charge in [-0.15, -0.1) is 0 Å². The first-order valence-corrected chi connectivity index (χ1v) is 7.83. The molecule has 1 aromatic carbocycles. The van der Waals surface area contributed by atoms with Crippen molar-refractivity contribution < 1.29 is 9.18 Å². The molecule has 2 aromatic rings. The van der Waals surface area contributed by atoms with E-state index in [0.717, 1.165) is 16.8 Å². The summed E-state index contributed by atoms with van der Waals surface area (Å²) < 4.78 is 13.1. The summed E-state index contributed by atoms with van der Waals surface area (Å²) in [5.41, 5.74) is 2.82. The monoisotopic (exact) mass is 330 g/mol. The van der Waals surface area contributed by atoms with Crippen LogP contribution in [0.2, 0.25) is 0 Å². The van der Waals surface area contributed by atoms with Crippen LogP contribution in [0.3, 0.4) is 0 Å². The quantitative estimate of drug-likeness (QED) is 0.765. The first kappa shape index (κ1) is 17.9. The van der Waals surface area contributed by atoms with Crippen molar-refractivity contribution in [2.45, 2.75) is 13.0 Å². The second-order valence-electron chi connectivity index (χ2n) is 5.83. The second kappa shape index (κ2) is 8.40. The largest absolute Gasteiger partial charge is 0.383 e. The van der Waals surface area contributed by atoms with Crippen molar-refractivity contribution in [3.8, 4) is 0 Å². The van der Waals surface area contributed by atoms with Gasteiger partial charge >= 0.3 is 0 Å². The molecular weight excluding hydrogens is 307 g/mol. The number of likely N-dealkylation sites (N-methyl/N-ethyl adjacent to an activating group) is 1. The highest BCUT2D eigenvalue weighted by Gasteiger charge is 2.22. The zero-order chi connectivity index (χ0) is 17.5. The van der Waals surface area contributed by atoms with Crippen LogP contribution >= 0.6 is 0 Å². The normalized spacial score (nSPS) is 12.0. The number of amides is 1.